The number of hydrogen-bond donors (Lipinski definition) is 3. The lowest BCUT2D eigenvalue weighted by Crippen LogP contribution is -2.32. The number of carbonyl (C=O) groups excluding carboxylic acids is 1. The number of hydrogen-bond acceptors (Lipinski definition) is 3. The second-order valence-corrected chi connectivity index (χ2v) is 3.53. The van der Waals surface area contributed by atoms with Crippen molar-refractivity contribution in [2.45, 2.75) is 0 Å². The molecule has 0 unspecified atom stereocenters. The third kappa shape index (κ3) is 3.15. The van der Waals surface area contributed by atoms with Gasteiger partial charge in [-0.1, -0.05) is 5.92 Å². The number of amides is 2. The fourth-order valence-electron chi connectivity index (χ4n) is 1.24. The average Bonchev–Trinajstić information content (AvgIpc) is 2.31. The van der Waals surface area contributed by atoms with Crippen LogP contribution >= 0.6 is 0 Å². The molecule has 0 heterocycles. The number of phenolic OH excluding ortho intramolecular Hbond substituents is 1. The number of benzene rings is 1. The SMILES string of the molecule is C#CCN(C)C(=O)Nc1ccc(O)cc1C(=O)O. The van der Waals surface area contributed by atoms with E-state index >= 15 is 0 Å². The zero-order chi connectivity index (χ0) is 13.7. The highest BCUT2D eigenvalue weighted by Gasteiger charge is 2.15. The van der Waals surface area contributed by atoms with Crippen molar-refractivity contribution < 1.29 is 19.8 Å². The van der Waals surface area contributed by atoms with Crippen molar-refractivity contribution in [3.8, 4) is 18.1 Å². The van der Waals surface area contributed by atoms with E-state index < -0.39 is 12.0 Å². The minimum absolute atomic E-state index is 0.0918. The number of rotatable bonds is 3. The van der Waals surface area contributed by atoms with Gasteiger partial charge in [-0.15, -0.1) is 6.42 Å². The third-order valence-electron chi connectivity index (χ3n) is 2.15. The van der Waals surface area contributed by atoms with Gasteiger partial charge in [-0.2, -0.15) is 0 Å². The number of carboxylic acid groups (broad SMARTS) is 1. The summed E-state index contributed by atoms with van der Waals surface area (Å²) in [6.45, 7) is 0.103. The number of aromatic hydroxyl groups is 1. The zero-order valence-corrected chi connectivity index (χ0v) is 9.67. The van der Waals surface area contributed by atoms with Crippen molar-refractivity contribution >= 4 is 17.7 Å². The van der Waals surface area contributed by atoms with E-state index in [1.807, 2.05) is 0 Å². The molecule has 0 atom stereocenters. The second kappa shape index (κ2) is 5.59. The van der Waals surface area contributed by atoms with Crippen molar-refractivity contribution in [1.29, 1.82) is 0 Å². The zero-order valence-electron chi connectivity index (χ0n) is 9.67. The van der Waals surface area contributed by atoms with Crippen LogP contribution < -0.4 is 5.32 Å². The minimum Gasteiger partial charge on any atom is -0.508 e. The number of phenols is 1. The molecule has 2 amide bonds. The summed E-state index contributed by atoms with van der Waals surface area (Å²) in [5.74, 6) is 0.848. The molecule has 0 saturated heterocycles. The molecule has 0 radical (unpaired) electrons. The summed E-state index contributed by atoms with van der Waals surface area (Å²) in [6, 6.07) is 3.11. The molecule has 0 aliphatic rings. The molecule has 1 aromatic carbocycles. The Bertz CT molecular complexity index is 519. The maximum absolute atomic E-state index is 11.6. The van der Waals surface area contributed by atoms with Crippen LogP contribution in [0.1, 0.15) is 10.4 Å². The van der Waals surface area contributed by atoms with Crippen molar-refractivity contribution in [3.05, 3.63) is 23.8 Å². The van der Waals surface area contributed by atoms with E-state index in [-0.39, 0.29) is 23.5 Å². The second-order valence-electron chi connectivity index (χ2n) is 3.53. The fraction of sp³-hybridized carbons (Fsp3) is 0.167. The monoisotopic (exact) mass is 248 g/mol. The lowest BCUT2D eigenvalue weighted by atomic mass is 10.1. The number of aromatic carboxylic acids is 1. The molecule has 0 bridgehead atoms. The summed E-state index contributed by atoms with van der Waals surface area (Å²) in [4.78, 5) is 23.8. The first-order valence-corrected chi connectivity index (χ1v) is 4.97. The standard InChI is InChI=1S/C12H12N2O4/c1-3-6-14(2)12(18)13-10-5-4-8(15)7-9(10)11(16)17/h1,4-5,7,15H,6H2,2H3,(H,13,18)(H,16,17). The Morgan fingerprint density at radius 3 is 2.72 bits per heavy atom. The summed E-state index contributed by atoms with van der Waals surface area (Å²) >= 11 is 0. The van der Waals surface area contributed by atoms with Gasteiger partial charge in [0.25, 0.3) is 0 Å². The Balaban J connectivity index is 2.95. The minimum atomic E-state index is -1.25. The van der Waals surface area contributed by atoms with Crippen molar-refractivity contribution in [2.75, 3.05) is 18.9 Å². The van der Waals surface area contributed by atoms with Gasteiger partial charge >= 0.3 is 12.0 Å². The summed E-state index contributed by atoms with van der Waals surface area (Å²) in [6.07, 6.45) is 5.06. The number of carbonyl (C=O) groups is 2. The largest absolute Gasteiger partial charge is 0.508 e. The molecule has 0 spiro atoms. The highest BCUT2D eigenvalue weighted by atomic mass is 16.4. The maximum Gasteiger partial charge on any atom is 0.337 e. The molecule has 0 aromatic heterocycles. The van der Waals surface area contributed by atoms with Crippen LogP contribution in [0.25, 0.3) is 0 Å². The molecule has 0 fully saturated rings. The first-order valence-electron chi connectivity index (χ1n) is 4.97. The van der Waals surface area contributed by atoms with Gasteiger partial charge < -0.3 is 20.4 Å². The third-order valence-corrected chi connectivity index (χ3v) is 2.15. The number of nitrogens with zero attached hydrogens (tertiary/aromatic N) is 1. The molecule has 1 aromatic rings. The Morgan fingerprint density at radius 2 is 2.17 bits per heavy atom. The normalized spacial score (nSPS) is 9.33. The van der Waals surface area contributed by atoms with Gasteiger partial charge in [-0.3, -0.25) is 0 Å². The van der Waals surface area contributed by atoms with Crippen LogP contribution in [0.4, 0.5) is 10.5 Å². The topological polar surface area (TPSA) is 89.9 Å². The van der Waals surface area contributed by atoms with Crippen molar-refractivity contribution in [2.24, 2.45) is 0 Å². The molecule has 6 nitrogen and oxygen atoms in total. The van der Waals surface area contributed by atoms with Crippen LogP contribution in [0.2, 0.25) is 0 Å². The van der Waals surface area contributed by atoms with E-state index in [1.165, 1.54) is 24.1 Å². The van der Waals surface area contributed by atoms with Crippen molar-refractivity contribution in [1.82, 2.24) is 4.90 Å². The van der Waals surface area contributed by atoms with E-state index in [9.17, 15) is 14.7 Å². The van der Waals surface area contributed by atoms with Gasteiger partial charge in [0.05, 0.1) is 17.8 Å². The van der Waals surface area contributed by atoms with E-state index in [1.54, 1.807) is 0 Å². The smallest absolute Gasteiger partial charge is 0.337 e. The molecule has 0 aliphatic carbocycles. The van der Waals surface area contributed by atoms with E-state index in [4.69, 9.17) is 11.5 Å². The first-order chi connectivity index (χ1) is 8.45. The van der Waals surface area contributed by atoms with Gasteiger partial charge in [0.2, 0.25) is 0 Å². The van der Waals surface area contributed by atoms with Gasteiger partial charge in [0.15, 0.2) is 0 Å². The molecule has 3 N–H and O–H groups in total. The van der Waals surface area contributed by atoms with Gasteiger partial charge in [-0.25, -0.2) is 9.59 Å². The van der Waals surface area contributed by atoms with E-state index in [0.29, 0.717) is 0 Å². The van der Waals surface area contributed by atoms with E-state index in [0.717, 1.165) is 6.07 Å². The van der Waals surface area contributed by atoms with Gasteiger partial charge in [-0.05, 0) is 18.2 Å². The summed E-state index contributed by atoms with van der Waals surface area (Å²) in [5.41, 5.74) is -0.105. The fourth-order valence-corrected chi connectivity index (χ4v) is 1.24. The highest BCUT2D eigenvalue weighted by molar-refractivity contribution is 6.00. The van der Waals surface area contributed by atoms with Gasteiger partial charge in [0, 0.05) is 7.05 Å². The lowest BCUT2D eigenvalue weighted by Gasteiger charge is -2.16. The van der Waals surface area contributed by atoms with Crippen LogP contribution in [0.5, 0.6) is 5.75 Å². The molecular formula is C12H12N2O4. The maximum atomic E-state index is 11.6. The quantitative estimate of drug-likeness (QED) is 0.553. The first kappa shape index (κ1) is 13.4. The predicted octanol–water partition coefficient (Wildman–Crippen LogP) is 1.19. The van der Waals surface area contributed by atoms with Crippen LogP contribution in [0, 0.1) is 12.3 Å². The van der Waals surface area contributed by atoms with Crippen LogP contribution in [0.3, 0.4) is 0 Å². The molecule has 6 heteroatoms. The Kier molecular flexibility index (Phi) is 4.16. The van der Waals surface area contributed by atoms with Crippen molar-refractivity contribution in [3.63, 3.8) is 0 Å². The molecule has 1 rings (SSSR count). The molecule has 94 valence electrons. The number of terminal acetylenes is 1. The molecule has 0 saturated carbocycles. The summed E-state index contributed by atoms with van der Waals surface area (Å²) < 4.78 is 0. The predicted molar refractivity (Wildman–Crippen MR) is 65.5 cm³/mol. The summed E-state index contributed by atoms with van der Waals surface area (Å²) in [7, 11) is 1.48. The van der Waals surface area contributed by atoms with Gasteiger partial charge in [0.1, 0.15) is 5.75 Å². The van der Waals surface area contributed by atoms with Crippen LogP contribution in [0.15, 0.2) is 18.2 Å². The number of nitrogens with one attached hydrogen (secondary N) is 1. The molecule has 18 heavy (non-hydrogen) atoms. The average molecular weight is 248 g/mol. The number of urea groups is 1. The summed E-state index contributed by atoms with van der Waals surface area (Å²) in [5, 5.41) is 20.5. The van der Waals surface area contributed by atoms with E-state index in [2.05, 4.69) is 11.2 Å². The lowest BCUT2D eigenvalue weighted by molar-refractivity contribution is 0.0697. The number of carboxylic acids is 1. The Morgan fingerprint density at radius 1 is 1.50 bits per heavy atom. The molecule has 0 aliphatic heterocycles. The number of anilines is 1. The van der Waals surface area contributed by atoms with Crippen LogP contribution in [-0.4, -0.2) is 40.7 Å². The van der Waals surface area contributed by atoms with Crippen LogP contribution in [-0.2, 0) is 0 Å². The highest BCUT2D eigenvalue weighted by Crippen LogP contribution is 2.21. The Labute approximate surface area is 104 Å². The Hall–Kier alpha value is -2.68. The molecular weight excluding hydrogens is 236 g/mol.